The summed E-state index contributed by atoms with van der Waals surface area (Å²) in [7, 11) is 1.89. The highest BCUT2D eigenvalue weighted by Crippen LogP contribution is 2.36. The van der Waals surface area contributed by atoms with E-state index in [1.54, 1.807) is 0 Å². The molecular formula is C18H37Cl2N3O2. The monoisotopic (exact) mass is 397 g/mol. The summed E-state index contributed by atoms with van der Waals surface area (Å²) < 4.78 is 5.89. The minimum atomic E-state index is -0.0911. The molecule has 0 aromatic carbocycles. The first-order chi connectivity index (χ1) is 10.9. The number of rotatable bonds is 6. The van der Waals surface area contributed by atoms with E-state index in [1.165, 1.54) is 32.1 Å². The molecule has 1 amide bonds. The molecule has 2 N–H and O–H groups in total. The average molecular weight is 398 g/mol. The normalized spacial score (nSPS) is 23.7. The number of morpholine rings is 1. The van der Waals surface area contributed by atoms with Crippen molar-refractivity contribution >= 4 is 30.7 Å². The number of nitrogens with zero attached hydrogens (tertiary/aromatic N) is 1. The van der Waals surface area contributed by atoms with Crippen LogP contribution in [0.25, 0.3) is 0 Å². The SMILES string of the molecule is CNCC(C)C(=O)NCC1(N2CCOC(C)(C)C2)CCCCC1.Cl.Cl. The van der Waals surface area contributed by atoms with Gasteiger partial charge in [-0.1, -0.05) is 26.2 Å². The van der Waals surface area contributed by atoms with Crippen molar-refractivity contribution in [3.05, 3.63) is 0 Å². The van der Waals surface area contributed by atoms with Crippen LogP contribution in [0.1, 0.15) is 52.9 Å². The van der Waals surface area contributed by atoms with Gasteiger partial charge in [-0.3, -0.25) is 9.69 Å². The van der Waals surface area contributed by atoms with Crippen molar-refractivity contribution in [2.75, 3.05) is 39.8 Å². The fourth-order valence-electron chi connectivity index (χ4n) is 4.06. The third kappa shape index (κ3) is 6.87. The first-order valence-electron chi connectivity index (χ1n) is 9.20. The van der Waals surface area contributed by atoms with Crippen LogP contribution >= 0.6 is 24.8 Å². The lowest BCUT2D eigenvalue weighted by atomic mass is 9.79. The van der Waals surface area contributed by atoms with E-state index in [1.807, 2.05) is 14.0 Å². The summed E-state index contributed by atoms with van der Waals surface area (Å²) in [6, 6.07) is 0. The molecule has 2 aliphatic rings. The predicted octanol–water partition coefficient (Wildman–Crippen LogP) is 2.62. The number of ether oxygens (including phenoxy) is 1. The van der Waals surface area contributed by atoms with E-state index >= 15 is 0 Å². The fraction of sp³-hybridized carbons (Fsp3) is 0.944. The Morgan fingerprint density at radius 3 is 2.40 bits per heavy atom. The van der Waals surface area contributed by atoms with Gasteiger partial charge in [0.1, 0.15) is 0 Å². The molecule has 0 spiro atoms. The highest BCUT2D eigenvalue weighted by Gasteiger charge is 2.42. The first-order valence-corrected chi connectivity index (χ1v) is 9.20. The number of amides is 1. The highest BCUT2D eigenvalue weighted by molar-refractivity contribution is 5.85. The Labute approximate surface area is 165 Å². The molecule has 0 aromatic rings. The van der Waals surface area contributed by atoms with Crippen LogP contribution in [-0.4, -0.2) is 61.8 Å². The number of nitrogens with one attached hydrogen (secondary N) is 2. The van der Waals surface area contributed by atoms with Crippen LogP contribution in [0.2, 0.25) is 0 Å². The Morgan fingerprint density at radius 2 is 1.84 bits per heavy atom. The molecule has 7 heteroatoms. The maximum absolute atomic E-state index is 12.3. The summed E-state index contributed by atoms with van der Waals surface area (Å²) in [5, 5.41) is 6.32. The van der Waals surface area contributed by atoms with Crippen LogP contribution in [0.5, 0.6) is 0 Å². The molecule has 1 aliphatic heterocycles. The van der Waals surface area contributed by atoms with Gasteiger partial charge in [0.05, 0.1) is 12.2 Å². The summed E-state index contributed by atoms with van der Waals surface area (Å²) in [5.74, 6) is 0.179. The number of hydrogen-bond donors (Lipinski definition) is 2. The fourth-order valence-corrected chi connectivity index (χ4v) is 4.06. The van der Waals surface area contributed by atoms with Crippen LogP contribution in [0.15, 0.2) is 0 Å². The number of carbonyl (C=O) groups is 1. The lowest BCUT2D eigenvalue weighted by Gasteiger charge is -2.51. The van der Waals surface area contributed by atoms with Crippen molar-refractivity contribution in [2.24, 2.45) is 5.92 Å². The Morgan fingerprint density at radius 1 is 1.20 bits per heavy atom. The number of hydrogen-bond acceptors (Lipinski definition) is 4. The van der Waals surface area contributed by atoms with Crippen molar-refractivity contribution in [3.63, 3.8) is 0 Å². The number of carbonyl (C=O) groups excluding carboxylic acids is 1. The molecule has 0 radical (unpaired) electrons. The standard InChI is InChI=1S/C18H35N3O2.2ClH/c1-15(12-19-4)16(22)20-13-18(8-6-5-7-9-18)21-10-11-23-17(2,3)14-21;;/h15,19H,5-14H2,1-4H3,(H,20,22);2*1H. The molecule has 1 atom stereocenters. The second-order valence-electron chi connectivity index (χ2n) is 7.99. The first kappa shape index (κ1) is 24.9. The van der Waals surface area contributed by atoms with Crippen LogP contribution < -0.4 is 10.6 Å². The molecule has 2 rings (SSSR count). The van der Waals surface area contributed by atoms with Gasteiger partial charge in [-0.15, -0.1) is 24.8 Å². The average Bonchev–Trinajstić information content (AvgIpc) is 2.53. The predicted molar refractivity (Wildman–Crippen MR) is 108 cm³/mol. The largest absolute Gasteiger partial charge is 0.373 e. The Hall–Kier alpha value is -0.0700. The molecule has 1 unspecified atom stereocenters. The van der Waals surface area contributed by atoms with Gasteiger partial charge in [-0.05, 0) is 33.7 Å². The Kier molecular flexibility index (Phi) is 10.9. The summed E-state index contributed by atoms with van der Waals surface area (Å²) >= 11 is 0. The molecule has 5 nitrogen and oxygen atoms in total. The molecule has 1 heterocycles. The van der Waals surface area contributed by atoms with Gasteiger partial charge < -0.3 is 15.4 Å². The van der Waals surface area contributed by atoms with Gasteiger partial charge in [-0.2, -0.15) is 0 Å². The molecule has 2 fully saturated rings. The van der Waals surface area contributed by atoms with Gasteiger partial charge in [0.2, 0.25) is 5.91 Å². The van der Waals surface area contributed by atoms with E-state index in [-0.39, 0.29) is 47.8 Å². The van der Waals surface area contributed by atoms with E-state index in [2.05, 4.69) is 29.4 Å². The van der Waals surface area contributed by atoms with E-state index < -0.39 is 0 Å². The summed E-state index contributed by atoms with van der Waals surface area (Å²) in [6.07, 6.45) is 6.21. The zero-order chi connectivity index (χ0) is 16.9. The zero-order valence-electron chi connectivity index (χ0n) is 16.2. The van der Waals surface area contributed by atoms with Crippen molar-refractivity contribution in [1.82, 2.24) is 15.5 Å². The van der Waals surface area contributed by atoms with Crippen molar-refractivity contribution < 1.29 is 9.53 Å². The van der Waals surface area contributed by atoms with Crippen LogP contribution in [0.4, 0.5) is 0 Å². The van der Waals surface area contributed by atoms with Crippen molar-refractivity contribution in [1.29, 1.82) is 0 Å². The minimum Gasteiger partial charge on any atom is -0.373 e. The molecule has 1 saturated carbocycles. The minimum absolute atomic E-state index is 0. The van der Waals surface area contributed by atoms with Crippen molar-refractivity contribution in [3.8, 4) is 0 Å². The maximum atomic E-state index is 12.3. The molecule has 1 aliphatic carbocycles. The van der Waals surface area contributed by atoms with E-state index in [4.69, 9.17) is 4.74 Å². The van der Waals surface area contributed by atoms with E-state index in [9.17, 15) is 4.79 Å². The molecule has 150 valence electrons. The van der Waals surface area contributed by atoms with E-state index in [0.29, 0.717) is 0 Å². The zero-order valence-corrected chi connectivity index (χ0v) is 17.9. The highest BCUT2D eigenvalue weighted by atomic mass is 35.5. The summed E-state index contributed by atoms with van der Waals surface area (Å²) in [6.45, 7) is 10.5. The van der Waals surface area contributed by atoms with Crippen LogP contribution in [-0.2, 0) is 9.53 Å². The third-order valence-corrected chi connectivity index (χ3v) is 5.43. The quantitative estimate of drug-likeness (QED) is 0.722. The third-order valence-electron chi connectivity index (χ3n) is 5.43. The molecule has 0 aromatic heterocycles. The smallest absolute Gasteiger partial charge is 0.224 e. The lowest BCUT2D eigenvalue weighted by molar-refractivity contribution is -0.131. The topological polar surface area (TPSA) is 53.6 Å². The number of halogens is 2. The van der Waals surface area contributed by atoms with Crippen LogP contribution in [0.3, 0.4) is 0 Å². The Balaban J connectivity index is 0.00000288. The summed E-state index contributed by atoms with van der Waals surface area (Å²) in [5.41, 5.74) is 0.0282. The van der Waals surface area contributed by atoms with Gasteiger partial charge in [0.25, 0.3) is 0 Å². The molecule has 25 heavy (non-hydrogen) atoms. The van der Waals surface area contributed by atoms with Gasteiger partial charge in [0.15, 0.2) is 0 Å². The van der Waals surface area contributed by atoms with E-state index in [0.717, 1.165) is 32.8 Å². The van der Waals surface area contributed by atoms with Gasteiger partial charge >= 0.3 is 0 Å². The Bertz CT molecular complexity index is 402. The second kappa shape index (κ2) is 10.9. The van der Waals surface area contributed by atoms with Gasteiger partial charge in [-0.25, -0.2) is 0 Å². The summed E-state index contributed by atoms with van der Waals surface area (Å²) in [4.78, 5) is 14.9. The van der Waals surface area contributed by atoms with Crippen LogP contribution in [0, 0.1) is 5.92 Å². The second-order valence-corrected chi connectivity index (χ2v) is 7.99. The maximum Gasteiger partial charge on any atom is 0.224 e. The molecular weight excluding hydrogens is 361 g/mol. The van der Waals surface area contributed by atoms with Crippen molar-refractivity contribution in [2.45, 2.75) is 64.0 Å². The van der Waals surface area contributed by atoms with Gasteiger partial charge in [0, 0.05) is 37.6 Å². The molecule has 0 bridgehead atoms. The molecule has 1 saturated heterocycles. The lowest BCUT2D eigenvalue weighted by Crippen LogP contribution is -2.63.